The minimum absolute atomic E-state index is 0.0781. The van der Waals surface area contributed by atoms with Crippen LogP contribution in [0.1, 0.15) is 49.4 Å². The van der Waals surface area contributed by atoms with Crippen LogP contribution < -0.4 is 20.4 Å². The van der Waals surface area contributed by atoms with Crippen LogP contribution in [-0.4, -0.2) is 73.5 Å². The Morgan fingerprint density at radius 3 is 2.57 bits per heavy atom. The smallest absolute Gasteiger partial charge is 0.251 e. The summed E-state index contributed by atoms with van der Waals surface area (Å²) in [5.41, 5.74) is 2.16. The molecule has 188 valence electrons. The third kappa shape index (κ3) is 5.90. The molecule has 9 nitrogen and oxygen atoms in total. The molecule has 0 radical (unpaired) electrons. The van der Waals surface area contributed by atoms with E-state index < -0.39 is 0 Å². The van der Waals surface area contributed by atoms with Crippen LogP contribution in [0.25, 0.3) is 0 Å². The molecule has 35 heavy (non-hydrogen) atoms. The summed E-state index contributed by atoms with van der Waals surface area (Å²) in [6, 6.07) is 7.71. The Morgan fingerprint density at radius 1 is 1.17 bits per heavy atom. The minimum Gasteiger partial charge on any atom is -0.352 e. The molecule has 0 spiro atoms. The lowest BCUT2D eigenvalue weighted by Crippen LogP contribution is -2.38. The zero-order valence-electron chi connectivity index (χ0n) is 21.3. The van der Waals surface area contributed by atoms with Gasteiger partial charge in [0, 0.05) is 37.4 Å². The van der Waals surface area contributed by atoms with E-state index in [1.807, 2.05) is 33.2 Å². The lowest BCUT2D eigenvalue weighted by Gasteiger charge is -2.31. The molecule has 2 aromatic rings. The van der Waals surface area contributed by atoms with Crippen molar-refractivity contribution in [2.75, 3.05) is 55.9 Å². The average molecular weight is 480 g/mol. The molecule has 1 aliphatic heterocycles. The van der Waals surface area contributed by atoms with Crippen molar-refractivity contribution in [3.8, 4) is 0 Å². The number of fused-ring (bicyclic) bond motifs is 1. The Balaban J connectivity index is 1.48. The fourth-order valence-electron chi connectivity index (χ4n) is 4.85. The maximum Gasteiger partial charge on any atom is 0.251 e. The second-order valence-electron chi connectivity index (χ2n) is 9.91. The molecule has 1 aromatic heterocycles. The van der Waals surface area contributed by atoms with E-state index in [0.717, 1.165) is 43.0 Å². The highest BCUT2D eigenvalue weighted by Gasteiger charge is 2.35. The Labute approximate surface area is 207 Å². The number of hydrogen-bond acceptors (Lipinski definition) is 7. The lowest BCUT2D eigenvalue weighted by molar-refractivity contribution is -0.121. The molecule has 1 unspecified atom stereocenters. The molecule has 1 aliphatic carbocycles. The molecule has 2 N–H and O–H groups in total. The highest BCUT2D eigenvalue weighted by molar-refractivity contribution is 5.98. The summed E-state index contributed by atoms with van der Waals surface area (Å²) >= 11 is 0. The second-order valence-corrected chi connectivity index (χ2v) is 9.91. The van der Waals surface area contributed by atoms with Crippen molar-refractivity contribution < 1.29 is 9.59 Å². The van der Waals surface area contributed by atoms with Crippen molar-refractivity contribution in [1.82, 2.24) is 20.2 Å². The standard InChI is InChI=1S/C26H37N7O2/c1-18-17-33(21-8-5-6-9-21)23-22(32(4)25(18)35)16-28-26(30-23)29-20-12-10-19(11-13-20)24(34)27-14-7-15-31(2)3/h10-13,16,18,21H,5-9,14-15,17H2,1-4H3,(H,27,34)(H,28,29,30). The van der Waals surface area contributed by atoms with E-state index in [9.17, 15) is 9.59 Å². The summed E-state index contributed by atoms with van der Waals surface area (Å²) in [6.45, 7) is 4.23. The summed E-state index contributed by atoms with van der Waals surface area (Å²) in [5, 5.41) is 6.22. The second kappa shape index (κ2) is 11.0. The van der Waals surface area contributed by atoms with Crippen LogP contribution in [0.2, 0.25) is 0 Å². The number of rotatable bonds is 8. The zero-order chi connectivity index (χ0) is 24.9. The van der Waals surface area contributed by atoms with E-state index in [2.05, 4.69) is 25.4 Å². The molecule has 0 saturated heterocycles. The SMILES string of the molecule is CC1CN(C2CCCC2)c2nc(Nc3ccc(C(=O)NCCCN(C)C)cc3)ncc2N(C)C1=O. The summed E-state index contributed by atoms with van der Waals surface area (Å²) in [4.78, 5) is 40.7. The number of hydrogen-bond donors (Lipinski definition) is 2. The number of benzene rings is 1. The first-order chi connectivity index (χ1) is 16.8. The van der Waals surface area contributed by atoms with Crippen molar-refractivity contribution in [2.24, 2.45) is 5.92 Å². The van der Waals surface area contributed by atoms with Crippen LogP contribution in [0.15, 0.2) is 30.5 Å². The van der Waals surface area contributed by atoms with Gasteiger partial charge in [0.2, 0.25) is 11.9 Å². The van der Waals surface area contributed by atoms with Gasteiger partial charge in [-0.2, -0.15) is 4.98 Å². The van der Waals surface area contributed by atoms with Crippen LogP contribution >= 0.6 is 0 Å². The highest BCUT2D eigenvalue weighted by atomic mass is 16.2. The number of aromatic nitrogens is 2. The topological polar surface area (TPSA) is 93.7 Å². The Kier molecular flexibility index (Phi) is 7.85. The summed E-state index contributed by atoms with van der Waals surface area (Å²) in [7, 11) is 5.84. The molecule has 9 heteroatoms. The van der Waals surface area contributed by atoms with Crippen molar-refractivity contribution in [1.29, 1.82) is 0 Å². The van der Waals surface area contributed by atoms with Gasteiger partial charge in [0.05, 0.1) is 12.1 Å². The Morgan fingerprint density at radius 2 is 1.89 bits per heavy atom. The van der Waals surface area contributed by atoms with Crippen molar-refractivity contribution in [3.63, 3.8) is 0 Å². The fraction of sp³-hybridized carbons (Fsp3) is 0.538. The third-order valence-corrected chi connectivity index (χ3v) is 6.84. The van der Waals surface area contributed by atoms with E-state index in [1.54, 1.807) is 30.3 Å². The summed E-state index contributed by atoms with van der Waals surface area (Å²) in [5.74, 6) is 1.19. The van der Waals surface area contributed by atoms with Gasteiger partial charge in [-0.3, -0.25) is 9.59 Å². The van der Waals surface area contributed by atoms with Gasteiger partial charge in [0.25, 0.3) is 5.91 Å². The van der Waals surface area contributed by atoms with E-state index in [1.165, 1.54) is 12.8 Å². The zero-order valence-corrected chi connectivity index (χ0v) is 21.3. The van der Waals surface area contributed by atoms with Gasteiger partial charge in [0.1, 0.15) is 5.69 Å². The monoisotopic (exact) mass is 479 g/mol. The van der Waals surface area contributed by atoms with Gasteiger partial charge in [-0.1, -0.05) is 19.8 Å². The molecule has 1 aromatic carbocycles. The predicted molar refractivity (Wildman–Crippen MR) is 139 cm³/mol. The summed E-state index contributed by atoms with van der Waals surface area (Å²) < 4.78 is 0. The van der Waals surface area contributed by atoms with Crippen LogP contribution in [0, 0.1) is 5.92 Å². The van der Waals surface area contributed by atoms with Gasteiger partial charge in [-0.05, 0) is 64.2 Å². The number of nitrogens with one attached hydrogen (secondary N) is 2. The minimum atomic E-state index is -0.104. The first-order valence-corrected chi connectivity index (χ1v) is 12.5. The number of carbonyl (C=O) groups is 2. The third-order valence-electron chi connectivity index (χ3n) is 6.84. The van der Waals surface area contributed by atoms with Gasteiger partial charge in [0.15, 0.2) is 5.82 Å². The molecule has 2 aliphatic rings. The average Bonchev–Trinajstić information content (AvgIpc) is 3.36. The lowest BCUT2D eigenvalue weighted by atomic mass is 10.1. The molecule has 2 amide bonds. The number of carbonyl (C=O) groups excluding carboxylic acids is 2. The van der Waals surface area contributed by atoms with E-state index in [4.69, 9.17) is 4.98 Å². The molecular formula is C26H37N7O2. The number of anilines is 4. The van der Waals surface area contributed by atoms with Gasteiger partial charge in [-0.25, -0.2) is 4.98 Å². The first kappa shape index (κ1) is 24.9. The van der Waals surface area contributed by atoms with Crippen LogP contribution in [0.5, 0.6) is 0 Å². The molecule has 0 bridgehead atoms. The number of nitrogens with zero attached hydrogens (tertiary/aromatic N) is 5. The quantitative estimate of drug-likeness (QED) is 0.561. The van der Waals surface area contributed by atoms with Gasteiger partial charge < -0.3 is 25.3 Å². The van der Waals surface area contributed by atoms with Crippen LogP contribution in [-0.2, 0) is 4.79 Å². The van der Waals surface area contributed by atoms with E-state index in [-0.39, 0.29) is 17.7 Å². The van der Waals surface area contributed by atoms with E-state index >= 15 is 0 Å². The van der Waals surface area contributed by atoms with Crippen molar-refractivity contribution >= 4 is 35.0 Å². The highest BCUT2D eigenvalue weighted by Crippen LogP contribution is 2.37. The maximum absolute atomic E-state index is 12.8. The van der Waals surface area contributed by atoms with Gasteiger partial charge >= 0.3 is 0 Å². The molecular weight excluding hydrogens is 442 g/mol. The van der Waals surface area contributed by atoms with Crippen LogP contribution in [0.3, 0.4) is 0 Å². The van der Waals surface area contributed by atoms with Crippen molar-refractivity contribution in [2.45, 2.75) is 45.1 Å². The predicted octanol–water partition coefficient (Wildman–Crippen LogP) is 3.26. The molecule has 1 fully saturated rings. The number of amides is 2. The summed E-state index contributed by atoms with van der Waals surface area (Å²) in [6.07, 6.45) is 7.30. The Hall–Kier alpha value is -3.20. The van der Waals surface area contributed by atoms with Crippen LogP contribution in [0.4, 0.5) is 23.1 Å². The first-order valence-electron chi connectivity index (χ1n) is 12.5. The van der Waals surface area contributed by atoms with Gasteiger partial charge in [-0.15, -0.1) is 0 Å². The largest absolute Gasteiger partial charge is 0.352 e. The molecule has 4 rings (SSSR count). The molecule has 1 atom stereocenters. The molecule has 2 heterocycles. The Bertz CT molecular complexity index is 1030. The van der Waals surface area contributed by atoms with Crippen molar-refractivity contribution in [3.05, 3.63) is 36.0 Å². The normalized spacial score (nSPS) is 18.5. The van der Waals surface area contributed by atoms with E-state index in [0.29, 0.717) is 30.6 Å². The fourth-order valence-corrected chi connectivity index (χ4v) is 4.85. The maximum atomic E-state index is 12.8. The molecule has 1 saturated carbocycles.